The summed E-state index contributed by atoms with van der Waals surface area (Å²) >= 11 is 0. The first-order chi connectivity index (χ1) is 14.9. The summed E-state index contributed by atoms with van der Waals surface area (Å²) in [6, 6.07) is 5.16. The molecule has 2 saturated heterocycles. The third-order valence-electron chi connectivity index (χ3n) is 5.94. The van der Waals surface area contributed by atoms with Crippen LogP contribution in [-0.4, -0.2) is 92.0 Å². The molecule has 9 heteroatoms. The minimum absolute atomic E-state index is 0.0297. The van der Waals surface area contributed by atoms with Crippen LogP contribution in [0, 0.1) is 0 Å². The van der Waals surface area contributed by atoms with E-state index in [1.54, 1.807) is 30.9 Å². The first kappa shape index (κ1) is 22.9. The molecule has 3 rings (SSSR count). The van der Waals surface area contributed by atoms with Crippen LogP contribution in [0.3, 0.4) is 0 Å². The summed E-state index contributed by atoms with van der Waals surface area (Å²) < 4.78 is 10.7. The summed E-state index contributed by atoms with van der Waals surface area (Å²) in [4.78, 5) is 42.8. The van der Waals surface area contributed by atoms with Crippen molar-refractivity contribution in [2.75, 3.05) is 53.5 Å². The SMILES string of the molecule is COc1ccc(CN2CCNC(=O)[C@@H]2CC(=O)N2CCCN(C(C)=O)CC2)cc1OC. The van der Waals surface area contributed by atoms with Crippen molar-refractivity contribution < 1.29 is 23.9 Å². The minimum Gasteiger partial charge on any atom is -0.493 e. The Kier molecular flexibility index (Phi) is 7.73. The summed E-state index contributed by atoms with van der Waals surface area (Å²) in [5.41, 5.74) is 0.983. The molecule has 0 spiro atoms. The molecule has 1 aromatic carbocycles. The monoisotopic (exact) mass is 432 g/mol. The van der Waals surface area contributed by atoms with E-state index < -0.39 is 6.04 Å². The number of carbonyl (C=O) groups is 3. The second-order valence-electron chi connectivity index (χ2n) is 7.91. The quantitative estimate of drug-likeness (QED) is 0.703. The molecule has 3 amide bonds. The molecule has 0 aromatic heterocycles. The lowest BCUT2D eigenvalue weighted by atomic mass is 10.1. The van der Waals surface area contributed by atoms with Gasteiger partial charge in [-0.3, -0.25) is 19.3 Å². The fourth-order valence-corrected chi connectivity index (χ4v) is 4.16. The van der Waals surface area contributed by atoms with Crippen LogP contribution >= 0.6 is 0 Å². The lowest BCUT2D eigenvalue weighted by molar-refractivity contribution is -0.139. The summed E-state index contributed by atoms with van der Waals surface area (Å²) in [5.74, 6) is 1.14. The number of amides is 3. The van der Waals surface area contributed by atoms with Crippen LogP contribution in [0.15, 0.2) is 18.2 Å². The van der Waals surface area contributed by atoms with Crippen molar-refractivity contribution in [3.05, 3.63) is 23.8 Å². The van der Waals surface area contributed by atoms with Crippen LogP contribution in [0.2, 0.25) is 0 Å². The van der Waals surface area contributed by atoms with E-state index in [1.807, 2.05) is 23.1 Å². The van der Waals surface area contributed by atoms with Gasteiger partial charge in [-0.05, 0) is 24.1 Å². The number of benzene rings is 1. The third-order valence-corrected chi connectivity index (χ3v) is 5.94. The van der Waals surface area contributed by atoms with E-state index in [0.717, 1.165) is 12.0 Å². The standard InChI is InChI=1S/C22H32N4O5/c1-16(27)24-8-4-9-25(12-11-24)21(28)14-18-22(29)23-7-10-26(18)15-17-5-6-19(30-2)20(13-17)31-3/h5-6,13,18H,4,7-12,14-15H2,1-3H3,(H,23,29)/t18-/m0/s1. The molecule has 2 fully saturated rings. The van der Waals surface area contributed by atoms with Gasteiger partial charge in [-0.25, -0.2) is 0 Å². The number of methoxy groups -OCH3 is 2. The normalized spacial score (nSPS) is 20.1. The van der Waals surface area contributed by atoms with Crippen molar-refractivity contribution in [3.63, 3.8) is 0 Å². The van der Waals surface area contributed by atoms with Crippen LogP contribution in [0.25, 0.3) is 0 Å². The zero-order valence-corrected chi connectivity index (χ0v) is 18.6. The highest BCUT2D eigenvalue weighted by Crippen LogP contribution is 2.28. The Balaban J connectivity index is 1.67. The van der Waals surface area contributed by atoms with Gasteiger partial charge >= 0.3 is 0 Å². The molecule has 1 N–H and O–H groups in total. The van der Waals surface area contributed by atoms with Crippen molar-refractivity contribution >= 4 is 17.7 Å². The van der Waals surface area contributed by atoms with E-state index in [2.05, 4.69) is 5.32 Å². The molecule has 0 bridgehead atoms. The van der Waals surface area contributed by atoms with Gasteiger partial charge in [0.05, 0.1) is 26.7 Å². The fraction of sp³-hybridized carbons (Fsp3) is 0.591. The summed E-state index contributed by atoms with van der Waals surface area (Å²) in [7, 11) is 3.18. The molecular formula is C22H32N4O5. The largest absolute Gasteiger partial charge is 0.493 e. The van der Waals surface area contributed by atoms with Gasteiger partial charge in [-0.2, -0.15) is 0 Å². The highest BCUT2D eigenvalue weighted by Gasteiger charge is 2.33. The number of nitrogens with zero attached hydrogens (tertiary/aromatic N) is 3. The van der Waals surface area contributed by atoms with Crippen LogP contribution in [0.4, 0.5) is 0 Å². The van der Waals surface area contributed by atoms with Gasteiger partial charge in [0.1, 0.15) is 0 Å². The fourth-order valence-electron chi connectivity index (χ4n) is 4.16. The molecule has 1 aromatic rings. The van der Waals surface area contributed by atoms with Gasteiger partial charge in [-0.15, -0.1) is 0 Å². The van der Waals surface area contributed by atoms with Crippen molar-refractivity contribution in [3.8, 4) is 11.5 Å². The van der Waals surface area contributed by atoms with E-state index in [0.29, 0.717) is 57.3 Å². The number of hydrogen-bond donors (Lipinski definition) is 1. The Morgan fingerprint density at radius 2 is 1.74 bits per heavy atom. The smallest absolute Gasteiger partial charge is 0.237 e. The number of nitrogens with one attached hydrogen (secondary N) is 1. The maximum absolute atomic E-state index is 13.0. The van der Waals surface area contributed by atoms with Crippen LogP contribution in [0.5, 0.6) is 11.5 Å². The molecule has 1 atom stereocenters. The van der Waals surface area contributed by atoms with Gasteiger partial charge in [0.15, 0.2) is 11.5 Å². The Labute approximate surface area is 183 Å². The van der Waals surface area contributed by atoms with E-state index in [9.17, 15) is 14.4 Å². The molecule has 2 aliphatic rings. The molecule has 2 aliphatic heterocycles. The molecule has 31 heavy (non-hydrogen) atoms. The third kappa shape index (κ3) is 5.66. The first-order valence-corrected chi connectivity index (χ1v) is 10.7. The maximum atomic E-state index is 13.0. The molecule has 9 nitrogen and oxygen atoms in total. The predicted molar refractivity (Wildman–Crippen MR) is 115 cm³/mol. The second kappa shape index (κ2) is 10.5. The topological polar surface area (TPSA) is 91.4 Å². The number of carbonyl (C=O) groups excluding carboxylic acids is 3. The van der Waals surface area contributed by atoms with E-state index in [-0.39, 0.29) is 24.1 Å². The summed E-state index contributed by atoms with van der Waals surface area (Å²) in [5, 5.41) is 2.88. The van der Waals surface area contributed by atoms with Gasteiger partial charge < -0.3 is 24.6 Å². The average molecular weight is 433 g/mol. The number of rotatable bonds is 6. The zero-order valence-electron chi connectivity index (χ0n) is 18.6. The van der Waals surface area contributed by atoms with E-state index in [4.69, 9.17) is 9.47 Å². The van der Waals surface area contributed by atoms with Crippen molar-refractivity contribution in [2.24, 2.45) is 0 Å². The Morgan fingerprint density at radius 3 is 2.45 bits per heavy atom. The van der Waals surface area contributed by atoms with Crippen LogP contribution < -0.4 is 14.8 Å². The second-order valence-corrected chi connectivity index (χ2v) is 7.91. The van der Waals surface area contributed by atoms with E-state index >= 15 is 0 Å². The van der Waals surface area contributed by atoms with E-state index in [1.165, 1.54) is 0 Å². The van der Waals surface area contributed by atoms with Crippen molar-refractivity contribution in [2.45, 2.75) is 32.4 Å². The minimum atomic E-state index is -0.526. The van der Waals surface area contributed by atoms with Gasteiger partial charge in [0.25, 0.3) is 0 Å². The van der Waals surface area contributed by atoms with Crippen LogP contribution in [0.1, 0.15) is 25.3 Å². The average Bonchev–Trinajstić information content (AvgIpc) is 3.02. The molecular weight excluding hydrogens is 400 g/mol. The molecule has 0 radical (unpaired) electrons. The highest BCUT2D eigenvalue weighted by molar-refractivity contribution is 5.89. The summed E-state index contributed by atoms with van der Waals surface area (Å²) in [6.07, 6.45) is 0.872. The molecule has 0 aliphatic carbocycles. The van der Waals surface area contributed by atoms with Crippen molar-refractivity contribution in [1.82, 2.24) is 20.0 Å². The highest BCUT2D eigenvalue weighted by atomic mass is 16.5. The van der Waals surface area contributed by atoms with Gasteiger partial charge in [-0.1, -0.05) is 6.07 Å². The number of ether oxygens (including phenoxy) is 2. The number of hydrogen-bond acceptors (Lipinski definition) is 6. The molecule has 170 valence electrons. The zero-order chi connectivity index (χ0) is 22.4. The Hall–Kier alpha value is -2.81. The maximum Gasteiger partial charge on any atom is 0.237 e. The first-order valence-electron chi connectivity index (χ1n) is 10.7. The Bertz CT molecular complexity index is 815. The molecule has 0 saturated carbocycles. The molecule has 2 heterocycles. The number of piperazine rings is 1. The predicted octanol–water partition coefficient (Wildman–Crippen LogP) is 0.475. The summed E-state index contributed by atoms with van der Waals surface area (Å²) in [6.45, 7) is 5.60. The lowest BCUT2D eigenvalue weighted by Gasteiger charge is -2.35. The Morgan fingerprint density at radius 1 is 1.03 bits per heavy atom. The van der Waals surface area contributed by atoms with Crippen molar-refractivity contribution in [1.29, 1.82) is 0 Å². The molecule has 0 unspecified atom stereocenters. The van der Waals surface area contributed by atoms with Gasteiger partial charge in [0, 0.05) is 52.7 Å². The lowest BCUT2D eigenvalue weighted by Crippen LogP contribution is -2.56. The van der Waals surface area contributed by atoms with Crippen LogP contribution in [-0.2, 0) is 20.9 Å². The van der Waals surface area contributed by atoms with Gasteiger partial charge in [0.2, 0.25) is 17.7 Å².